The summed E-state index contributed by atoms with van der Waals surface area (Å²) in [6.07, 6.45) is 65.3. The topological polar surface area (TPSA) is 307 Å². The highest BCUT2D eigenvalue weighted by molar-refractivity contribution is 5.76. The van der Waals surface area contributed by atoms with Crippen molar-refractivity contribution in [1.82, 2.24) is 5.32 Å². The summed E-state index contributed by atoms with van der Waals surface area (Å²) in [5, 5.41) is 121. The van der Waals surface area contributed by atoms with Crippen LogP contribution in [0.5, 0.6) is 0 Å². The summed E-state index contributed by atoms with van der Waals surface area (Å²) in [4.78, 5) is 13.5. The van der Waals surface area contributed by atoms with E-state index in [9.17, 15) is 61.0 Å². The van der Waals surface area contributed by atoms with Crippen molar-refractivity contribution in [3.05, 3.63) is 97.2 Å². The zero-order valence-corrected chi connectivity index (χ0v) is 66.6. The summed E-state index contributed by atoms with van der Waals surface area (Å²) >= 11 is 0. The van der Waals surface area contributed by atoms with Crippen LogP contribution in [0, 0.1) is 0 Å². The van der Waals surface area contributed by atoms with Gasteiger partial charge in [0.1, 0.15) is 73.2 Å². The van der Waals surface area contributed by atoms with Crippen LogP contribution in [0.3, 0.4) is 0 Å². The summed E-state index contributed by atoms with van der Waals surface area (Å²) in [5.41, 5.74) is 0. The number of ether oxygens (including phenoxy) is 6. The Hall–Kier alpha value is -3.29. The van der Waals surface area contributed by atoms with E-state index in [1.807, 2.05) is 6.08 Å². The van der Waals surface area contributed by atoms with Crippen LogP contribution in [0.1, 0.15) is 322 Å². The van der Waals surface area contributed by atoms with Crippen LogP contribution in [0.15, 0.2) is 97.2 Å². The van der Waals surface area contributed by atoms with Crippen LogP contribution < -0.4 is 5.32 Å². The lowest BCUT2D eigenvalue weighted by Crippen LogP contribution is -2.66. The molecule has 0 aromatic carbocycles. The number of carbonyl (C=O) groups is 1. The smallest absolute Gasteiger partial charge is 0.220 e. The first-order chi connectivity index (χ1) is 52.3. The molecule has 0 radical (unpaired) electrons. The lowest BCUT2D eigenvalue weighted by atomic mass is 9.96. The molecule has 3 aliphatic heterocycles. The average Bonchev–Trinajstić information content (AvgIpc) is 0.782. The molecule has 3 aliphatic rings. The van der Waals surface area contributed by atoms with Crippen LogP contribution in [-0.4, -0.2) is 193 Å². The lowest BCUT2D eigenvalue weighted by Gasteiger charge is -2.48. The maximum Gasteiger partial charge on any atom is 0.220 e. The van der Waals surface area contributed by atoms with Gasteiger partial charge in [-0.3, -0.25) is 4.79 Å². The van der Waals surface area contributed by atoms with Gasteiger partial charge in [-0.15, -0.1) is 0 Å². The van der Waals surface area contributed by atoms with E-state index < -0.39 is 124 Å². The van der Waals surface area contributed by atoms with Crippen molar-refractivity contribution < 1.29 is 89.4 Å². The van der Waals surface area contributed by atoms with Gasteiger partial charge in [-0.25, -0.2) is 0 Å². The quantitative estimate of drug-likeness (QED) is 0.0199. The van der Waals surface area contributed by atoms with E-state index in [0.29, 0.717) is 6.42 Å². The molecule has 12 N–H and O–H groups in total. The zero-order chi connectivity index (χ0) is 77.4. The highest BCUT2D eigenvalue weighted by Gasteiger charge is 2.54. The predicted octanol–water partition coefficient (Wildman–Crippen LogP) is 15.5. The van der Waals surface area contributed by atoms with E-state index in [1.54, 1.807) is 6.08 Å². The number of amides is 1. The number of allylic oxidation sites excluding steroid dienone is 15. The second-order valence-corrected chi connectivity index (χ2v) is 30.3. The van der Waals surface area contributed by atoms with Gasteiger partial charge in [0.2, 0.25) is 5.91 Å². The van der Waals surface area contributed by atoms with E-state index in [4.69, 9.17) is 28.4 Å². The number of nitrogens with one attached hydrogen (secondary N) is 1. The third-order valence-electron chi connectivity index (χ3n) is 20.9. The Labute approximate surface area is 647 Å². The molecule has 17 atom stereocenters. The van der Waals surface area contributed by atoms with Crippen molar-refractivity contribution in [2.24, 2.45) is 0 Å². The molecule has 1 amide bonds. The zero-order valence-electron chi connectivity index (χ0n) is 66.6. The molecule has 0 aromatic rings. The minimum atomic E-state index is -1.98. The molecule has 3 rings (SSSR count). The largest absolute Gasteiger partial charge is 0.394 e. The third kappa shape index (κ3) is 46.5. The molecule has 3 heterocycles. The number of carbonyl (C=O) groups excluding carboxylic acids is 1. The fourth-order valence-corrected chi connectivity index (χ4v) is 14.1. The SMILES string of the molecule is CC/C=C\C/C=C\C/C=C\C/C=C\C/C=C\C/C=C\C/C=C\CCCCCCCCCCCCCC(=O)NC(COC1OC(CO)C(OC2OC(CO)C(OC3OC(CO)C(O)C(O)C3O)C(O)C2O)C(O)C1O)C(O)/C=C/CCCCCCCCCCCCCCCCCCCCCCCCCCCCC. The third-order valence-corrected chi connectivity index (χ3v) is 20.9. The maximum atomic E-state index is 13.5. The highest BCUT2D eigenvalue weighted by atomic mass is 16.8. The van der Waals surface area contributed by atoms with E-state index >= 15 is 0 Å². The Morgan fingerprint density at radius 3 is 1.01 bits per heavy atom. The molecule has 0 aromatic heterocycles. The minimum Gasteiger partial charge on any atom is -0.394 e. The molecule has 19 heteroatoms. The molecule has 0 aliphatic carbocycles. The fraction of sp³-hybridized carbons (Fsp3) is 0.807. The Bertz CT molecular complexity index is 2310. The van der Waals surface area contributed by atoms with Gasteiger partial charge in [0.15, 0.2) is 18.9 Å². The lowest BCUT2D eigenvalue weighted by molar-refractivity contribution is -0.379. The van der Waals surface area contributed by atoms with Crippen LogP contribution >= 0.6 is 0 Å². The standard InChI is InChI=1S/C88H155NO18/c1-3-5-7-9-11-13-15-17-19-21-23-25-27-29-31-33-34-35-36-38-40-42-44-46-48-50-52-54-56-58-60-62-64-66-76(94)89-71(72(93)65-63-61-59-57-55-53-51-49-47-45-43-41-39-37-32-30-28-26-24-22-20-18-16-14-12-10-8-6-4-2)70-102-86-82(100)79(97)84(74(68-91)104-86)107-88-83(101)80(98)85(75(69-92)105-88)106-87-81(99)78(96)77(95)73(67-90)103-87/h5,7,11,13,17,19,23,25,29,31,34-35,38,40,63,65,71-75,77-88,90-93,95-101H,3-4,6,8-10,12,14-16,18,20-22,24,26-28,30,32-33,36-37,39,41-62,64,66-70H2,1-2H3,(H,89,94)/b7-5-,13-11-,19-17-,25-23-,31-29-,35-34-,40-38-,65-63+. The van der Waals surface area contributed by atoms with Crippen LogP contribution in [0.4, 0.5) is 0 Å². The molecule has 19 nitrogen and oxygen atoms in total. The molecule has 3 saturated heterocycles. The summed E-state index contributed by atoms with van der Waals surface area (Å²) in [6.45, 7) is 1.66. The van der Waals surface area contributed by atoms with Gasteiger partial charge in [0.25, 0.3) is 0 Å². The van der Waals surface area contributed by atoms with Crippen molar-refractivity contribution in [3.8, 4) is 0 Å². The number of rotatable bonds is 68. The van der Waals surface area contributed by atoms with Gasteiger partial charge < -0.3 is 89.9 Å². The van der Waals surface area contributed by atoms with E-state index in [1.165, 1.54) is 193 Å². The van der Waals surface area contributed by atoms with Gasteiger partial charge in [0, 0.05) is 6.42 Å². The first-order valence-corrected chi connectivity index (χ1v) is 43.0. The Kier molecular flexibility index (Phi) is 61.5. The predicted molar refractivity (Wildman–Crippen MR) is 429 cm³/mol. The molecule has 3 fully saturated rings. The normalized spacial score (nSPS) is 26.0. The highest BCUT2D eigenvalue weighted by Crippen LogP contribution is 2.33. The maximum absolute atomic E-state index is 13.5. The van der Waals surface area contributed by atoms with Crippen molar-refractivity contribution in [2.75, 3.05) is 26.4 Å². The summed E-state index contributed by atoms with van der Waals surface area (Å²) in [7, 11) is 0. The van der Waals surface area contributed by atoms with Gasteiger partial charge >= 0.3 is 0 Å². The Balaban J connectivity index is 1.36. The number of hydrogen-bond acceptors (Lipinski definition) is 18. The van der Waals surface area contributed by atoms with Gasteiger partial charge in [-0.2, -0.15) is 0 Å². The van der Waals surface area contributed by atoms with E-state index in [-0.39, 0.29) is 18.9 Å². The summed E-state index contributed by atoms with van der Waals surface area (Å²) in [6, 6.07) is -0.983. The molecule has 0 saturated carbocycles. The molecular formula is C88H155NO18. The number of aliphatic hydroxyl groups excluding tert-OH is 11. The Morgan fingerprint density at radius 1 is 0.346 bits per heavy atom. The first kappa shape index (κ1) is 97.9. The first-order valence-electron chi connectivity index (χ1n) is 43.0. The van der Waals surface area contributed by atoms with Crippen LogP contribution in [0.25, 0.3) is 0 Å². The molecule has 107 heavy (non-hydrogen) atoms. The fourth-order valence-electron chi connectivity index (χ4n) is 14.1. The molecule has 17 unspecified atom stereocenters. The van der Waals surface area contributed by atoms with E-state index in [0.717, 1.165) is 103 Å². The molecule has 0 bridgehead atoms. The molecular weight excluding hydrogens is 1360 g/mol. The molecule has 620 valence electrons. The number of aliphatic hydroxyl groups is 11. The second-order valence-electron chi connectivity index (χ2n) is 30.3. The van der Waals surface area contributed by atoms with Gasteiger partial charge in [-0.1, -0.05) is 336 Å². The number of hydrogen-bond donors (Lipinski definition) is 12. The Morgan fingerprint density at radius 2 is 0.645 bits per heavy atom. The monoisotopic (exact) mass is 1510 g/mol. The average molecular weight is 1520 g/mol. The van der Waals surface area contributed by atoms with Gasteiger partial charge in [-0.05, 0) is 77.0 Å². The number of unbranched alkanes of at least 4 members (excludes halogenated alkanes) is 38. The van der Waals surface area contributed by atoms with E-state index in [2.05, 4.69) is 104 Å². The summed E-state index contributed by atoms with van der Waals surface area (Å²) < 4.78 is 34.5. The van der Waals surface area contributed by atoms with Crippen LogP contribution in [0.2, 0.25) is 0 Å². The van der Waals surface area contributed by atoms with Crippen molar-refractivity contribution in [2.45, 2.75) is 426 Å². The minimum absolute atomic E-state index is 0.235. The molecule has 0 spiro atoms. The van der Waals surface area contributed by atoms with Crippen molar-refractivity contribution >= 4 is 5.91 Å². The summed E-state index contributed by atoms with van der Waals surface area (Å²) in [5.74, 6) is -0.279. The van der Waals surface area contributed by atoms with Crippen LogP contribution in [-0.2, 0) is 33.2 Å². The second kappa shape index (κ2) is 67.2. The van der Waals surface area contributed by atoms with Gasteiger partial charge in [0.05, 0.1) is 38.6 Å². The van der Waals surface area contributed by atoms with Crippen molar-refractivity contribution in [3.63, 3.8) is 0 Å². The van der Waals surface area contributed by atoms with Crippen molar-refractivity contribution in [1.29, 1.82) is 0 Å².